The van der Waals surface area contributed by atoms with Crippen molar-refractivity contribution in [2.75, 3.05) is 0 Å². The summed E-state index contributed by atoms with van der Waals surface area (Å²) in [6.07, 6.45) is 1.28. The molecular formula is C22H23FN+. The predicted octanol–water partition coefficient (Wildman–Crippen LogP) is 5.22. The Morgan fingerprint density at radius 3 is 2.21 bits per heavy atom. The van der Waals surface area contributed by atoms with E-state index in [-0.39, 0.29) is 16.7 Å². The SMILES string of the molecule is [2H]C([2H])([2H])c1cc(C)c(-c2cc(C([2H])([2H])[2H])c(C([2H])([2H])[2H])c[n+]2C)cc1-c1ccc(F)cc1. The van der Waals surface area contributed by atoms with E-state index in [0.29, 0.717) is 27.9 Å². The van der Waals surface area contributed by atoms with Crippen molar-refractivity contribution in [2.24, 2.45) is 7.05 Å². The molecule has 0 unspecified atom stereocenters. The van der Waals surface area contributed by atoms with Crippen molar-refractivity contribution in [1.29, 1.82) is 0 Å². The molecular weight excluding hydrogens is 297 g/mol. The summed E-state index contributed by atoms with van der Waals surface area (Å²) in [5.74, 6) is -0.463. The Morgan fingerprint density at radius 1 is 0.833 bits per heavy atom. The molecule has 0 aliphatic rings. The van der Waals surface area contributed by atoms with Crippen molar-refractivity contribution in [1.82, 2.24) is 0 Å². The van der Waals surface area contributed by atoms with E-state index in [1.807, 2.05) is 0 Å². The minimum absolute atomic E-state index is 0.0770. The molecule has 3 aromatic rings. The predicted molar refractivity (Wildman–Crippen MR) is 97.4 cm³/mol. The van der Waals surface area contributed by atoms with Gasteiger partial charge in [0.1, 0.15) is 12.9 Å². The van der Waals surface area contributed by atoms with Gasteiger partial charge in [0.05, 0.1) is 0 Å². The molecule has 24 heavy (non-hydrogen) atoms. The maximum Gasteiger partial charge on any atom is 0.212 e. The molecule has 0 saturated heterocycles. The molecule has 2 heteroatoms. The maximum atomic E-state index is 13.5. The van der Waals surface area contributed by atoms with Crippen LogP contribution in [0.3, 0.4) is 0 Å². The molecule has 0 amide bonds. The molecule has 0 bridgehead atoms. The normalized spacial score (nSPS) is 18.0. The van der Waals surface area contributed by atoms with Gasteiger partial charge < -0.3 is 0 Å². The lowest BCUT2D eigenvalue weighted by atomic mass is 9.93. The average molecular weight is 329 g/mol. The molecule has 1 aromatic heterocycles. The number of aromatic nitrogens is 1. The fourth-order valence-electron chi connectivity index (χ4n) is 2.77. The van der Waals surface area contributed by atoms with Crippen LogP contribution in [-0.2, 0) is 7.05 Å². The zero-order chi connectivity index (χ0) is 24.9. The second kappa shape index (κ2) is 6.20. The summed E-state index contributed by atoms with van der Waals surface area (Å²) in [6, 6.07) is 9.87. The fraction of sp³-hybridized carbons (Fsp3) is 0.227. The van der Waals surface area contributed by atoms with E-state index in [9.17, 15) is 4.39 Å². The van der Waals surface area contributed by atoms with Crippen molar-refractivity contribution in [3.63, 3.8) is 0 Å². The van der Waals surface area contributed by atoms with E-state index >= 15 is 0 Å². The number of hydrogen-bond acceptors (Lipinski definition) is 0. The molecule has 0 fully saturated rings. The van der Waals surface area contributed by atoms with Crippen LogP contribution in [0, 0.1) is 33.3 Å². The number of hydrogen-bond donors (Lipinski definition) is 0. The number of aryl methyl sites for hydroxylation is 5. The quantitative estimate of drug-likeness (QED) is 0.568. The van der Waals surface area contributed by atoms with Crippen LogP contribution < -0.4 is 4.57 Å². The van der Waals surface area contributed by atoms with Gasteiger partial charge >= 0.3 is 0 Å². The summed E-state index contributed by atoms with van der Waals surface area (Å²) in [5, 5.41) is 0. The van der Waals surface area contributed by atoms with Crippen molar-refractivity contribution >= 4 is 0 Å². The monoisotopic (exact) mass is 329 g/mol. The van der Waals surface area contributed by atoms with Gasteiger partial charge in [0, 0.05) is 29.5 Å². The molecule has 3 rings (SSSR count). The van der Waals surface area contributed by atoms with Crippen LogP contribution in [0.2, 0.25) is 0 Å². The average Bonchev–Trinajstić information content (AvgIpc) is 2.66. The van der Waals surface area contributed by atoms with E-state index in [1.54, 1.807) is 20.0 Å². The minimum atomic E-state index is -2.67. The zero-order valence-electron chi connectivity index (χ0n) is 22.4. The molecule has 0 atom stereocenters. The molecule has 0 saturated carbocycles. The third kappa shape index (κ3) is 2.96. The van der Waals surface area contributed by atoms with Gasteiger partial charge in [-0.1, -0.05) is 18.2 Å². The molecule has 1 heterocycles. The third-order valence-corrected chi connectivity index (χ3v) is 4.07. The maximum absolute atomic E-state index is 13.5. The molecule has 0 spiro atoms. The zero-order valence-corrected chi connectivity index (χ0v) is 13.4. The number of halogens is 1. The first-order valence-electron chi connectivity index (χ1n) is 12.0. The molecule has 0 aliphatic heterocycles. The van der Waals surface area contributed by atoms with Gasteiger partial charge in [-0.05, 0) is 73.5 Å². The Morgan fingerprint density at radius 2 is 1.54 bits per heavy atom. The van der Waals surface area contributed by atoms with Crippen LogP contribution in [0.25, 0.3) is 22.4 Å². The topological polar surface area (TPSA) is 3.88 Å². The summed E-state index contributed by atoms with van der Waals surface area (Å²) in [4.78, 5) is 0. The molecule has 0 radical (unpaired) electrons. The van der Waals surface area contributed by atoms with Crippen LogP contribution in [0.1, 0.15) is 34.6 Å². The highest BCUT2D eigenvalue weighted by Crippen LogP contribution is 2.31. The van der Waals surface area contributed by atoms with Gasteiger partial charge in [-0.15, -0.1) is 0 Å². The Bertz CT molecular complexity index is 1190. The van der Waals surface area contributed by atoms with E-state index in [1.165, 1.54) is 47.2 Å². The Hall–Kier alpha value is -2.48. The summed E-state index contributed by atoms with van der Waals surface area (Å²) in [7, 11) is 1.60. The van der Waals surface area contributed by atoms with E-state index in [0.717, 1.165) is 0 Å². The molecule has 0 N–H and O–H groups in total. The third-order valence-electron chi connectivity index (χ3n) is 4.07. The van der Waals surface area contributed by atoms with Crippen molar-refractivity contribution in [2.45, 2.75) is 27.5 Å². The summed E-state index contributed by atoms with van der Waals surface area (Å²) in [6.45, 7) is -6.03. The lowest BCUT2D eigenvalue weighted by Gasteiger charge is -2.13. The van der Waals surface area contributed by atoms with Gasteiger partial charge in [-0.2, -0.15) is 0 Å². The van der Waals surface area contributed by atoms with E-state index < -0.39 is 26.4 Å². The van der Waals surface area contributed by atoms with Gasteiger partial charge in [-0.3, -0.25) is 0 Å². The van der Waals surface area contributed by atoms with Gasteiger partial charge in [0.25, 0.3) is 0 Å². The highest BCUT2D eigenvalue weighted by molar-refractivity contribution is 5.75. The van der Waals surface area contributed by atoms with Gasteiger partial charge in [-0.25, -0.2) is 8.96 Å². The van der Waals surface area contributed by atoms with Crippen LogP contribution in [0.5, 0.6) is 0 Å². The van der Waals surface area contributed by atoms with Crippen LogP contribution in [0.15, 0.2) is 48.7 Å². The van der Waals surface area contributed by atoms with Crippen molar-refractivity contribution < 1.29 is 21.3 Å². The lowest BCUT2D eigenvalue weighted by Crippen LogP contribution is -2.31. The number of pyridine rings is 1. The Kier molecular flexibility index (Phi) is 2.21. The Balaban J connectivity index is 2.36. The molecule has 122 valence electrons. The van der Waals surface area contributed by atoms with Crippen LogP contribution >= 0.6 is 0 Å². The largest absolute Gasteiger partial charge is 0.212 e. The minimum Gasteiger partial charge on any atom is -0.207 e. The van der Waals surface area contributed by atoms with Crippen molar-refractivity contribution in [3.05, 3.63) is 76.7 Å². The summed E-state index contributed by atoms with van der Waals surface area (Å²) in [5.41, 5.74) is 1.86. The van der Waals surface area contributed by atoms with E-state index in [2.05, 4.69) is 0 Å². The fourth-order valence-corrected chi connectivity index (χ4v) is 2.77. The second-order valence-electron chi connectivity index (χ2n) is 5.82. The molecule has 2 aromatic carbocycles. The van der Waals surface area contributed by atoms with Crippen LogP contribution in [0.4, 0.5) is 4.39 Å². The van der Waals surface area contributed by atoms with Crippen LogP contribution in [-0.4, -0.2) is 0 Å². The number of nitrogens with zero attached hydrogens (tertiary/aromatic N) is 1. The Labute approximate surface area is 156 Å². The molecule has 1 nitrogen and oxygen atoms in total. The number of rotatable bonds is 2. The lowest BCUT2D eigenvalue weighted by molar-refractivity contribution is -0.660. The first-order valence-corrected chi connectivity index (χ1v) is 7.46. The highest BCUT2D eigenvalue weighted by atomic mass is 19.1. The first kappa shape index (κ1) is 8.57. The highest BCUT2D eigenvalue weighted by Gasteiger charge is 2.16. The molecule has 0 aliphatic carbocycles. The van der Waals surface area contributed by atoms with Gasteiger partial charge in [0.15, 0.2) is 6.20 Å². The second-order valence-corrected chi connectivity index (χ2v) is 5.82. The smallest absolute Gasteiger partial charge is 0.207 e. The standard InChI is InChI=1S/C22H23FN/c1-14-11-22(24(5)13-17(14)4)21-12-20(15(2)10-16(21)3)18-6-8-19(23)9-7-18/h6-13H,1-5H3/q+1/i1D3,2D3,4D3. The van der Waals surface area contributed by atoms with Crippen molar-refractivity contribution in [3.8, 4) is 22.4 Å². The summed E-state index contributed by atoms with van der Waals surface area (Å²) >= 11 is 0. The summed E-state index contributed by atoms with van der Waals surface area (Å²) < 4.78 is 85.6. The van der Waals surface area contributed by atoms with Gasteiger partial charge in [0.2, 0.25) is 5.69 Å². The van der Waals surface area contributed by atoms with E-state index in [4.69, 9.17) is 12.3 Å². The number of benzene rings is 2. The first-order chi connectivity index (χ1) is 15.0.